The molecule has 144 valence electrons. The molecule has 1 N–H and O–H groups in total. The normalized spacial score (nSPS) is 23.5. The highest BCUT2D eigenvalue weighted by Crippen LogP contribution is 2.24. The molecule has 8 nitrogen and oxygen atoms in total. The summed E-state index contributed by atoms with van der Waals surface area (Å²) in [5.74, 6) is 1.77. The molecule has 0 saturated carbocycles. The molecule has 0 radical (unpaired) electrons. The SMILES string of the molecule is CN=C(NCc1ncnn1C)N1CC2OCCN(Cc3ccccc3)C2C1. The van der Waals surface area contributed by atoms with Gasteiger partial charge < -0.3 is 15.0 Å². The maximum atomic E-state index is 6.07. The summed E-state index contributed by atoms with van der Waals surface area (Å²) in [6.07, 6.45) is 1.79. The van der Waals surface area contributed by atoms with Gasteiger partial charge in [0.25, 0.3) is 0 Å². The van der Waals surface area contributed by atoms with Gasteiger partial charge in [0.05, 0.1) is 25.3 Å². The molecule has 2 atom stereocenters. The molecule has 0 spiro atoms. The molecule has 2 fully saturated rings. The molecule has 0 aliphatic carbocycles. The number of aromatic nitrogens is 3. The van der Waals surface area contributed by atoms with Crippen LogP contribution in [0.5, 0.6) is 0 Å². The number of hydrogen-bond acceptors (Lipinski definition) is 5. The van der Waals surface area contributed by atoms with Gasteiger partial charge in [-0.3, -0.25) is 14.6 Å². The Morgan fingerprint density at radius 2 is 2.15 bits per heavy atom. The van der Waals surface area contributed by atoms with Crippen LogP contribution in [0.3, 0.4) is 0 Å². The van der Waals surface area contributed by atoms with Crippen LogP contribution in [0.4, 0.5) is 0 Å². The number of rotatable bonds is 4. The lowest BCUT2D eigenvalue weighted by atomic mass is 10.1. The molecule has 1 aromatic carbocycles. The third kappa shape index (κ3) is 3.96. The van der Waals surface area contributed by atoms with Crippen LogP contribution in [0, 0.1) is 0 Å². The first-order valence-corrected chi connectivity index (χ1v) is 9.42. The number of morpholine rings is 1. The van der Waals surface area contributed by atoms with Crippen molar-refractivity contribution in [1.82, 2.24) is 29.9 Å². The van der Waals surface area contributed by atoms with Crippen LogP contribution in [0.1, 0.15) is 11.4 Å². The first-order valence-electron chi connectivity index (χ1n) is 9.42. The van der Waals surface area contributed by atoms with Gasteiger partial charge in [0, 0.05) is 40.3 Å². The van der Waals surface area contributed by atoms with Crippen molar-refractivity contribution in [3.63, 3.8) is 0 Å². The molecule has 2 saturated heterocycles. The number of nitrogens with zero attached hydrogens (tertiary/aromatic N) is 6. The zero-order valence-corrected chi connectivity index (χ0v) is 16.0. The van der Waals surface area contributed by atoms with Crippen LogP contribution in [-0.2, 0) is 24.9 Å². The third-order valence-corrected chi connectivity index (χ3v) is 5.37. The van der Waals surface area contributed by atoms with E-state index in [1.807, 2.05) is 14.1 Å². The number of nitrogens with one attached hydrogen (secondary N) is 1. The Kier molecular flexibility index (Phi) is 5.35. The topological polar surface area (TPSA) is 70.8 Å². The summed E-state index contributed by atoms with van der Waals surface area (Å²) in [5, 5.41) is 7.52. The Morgan fingerprint density at radius 3 is 2.89 bits per heavy atom. The summed E-state index contributed by atoms with van der Waals surface area (Å²) in [7, 11) is 3.72. The van der Waals surface area contributed by atoms with Gasteiger partial charge in [-0.15, -0.1) is 0 Å². The number of benzene rings is 1. The van der Waals surface area contributed by atoms with Gasteiger partial charge in [0.2, 0.25) is 0 Å². The number of guanidine groups is 1. The van der Waals surface area contributed by atoms with Crippen LogP contribution in [0.25, 0.3) is 0 Å². The van der Waals surface area contributed by atoms with Crippen molar-refractivity contribution < 1.29 is 4.74 Å². The highest BCUT2D eigenvalue weighted by atomic mass is 16.5. The Balaban J connectivity index is 1.40. The summed E-state index contributed by atoms with van der Waals surface area (Å²) in [6, 6.07) is 11.0. The summed E-state index contributed by atoms with van der Waals surface area (Å²) in [4.78, 5) is 13.6. The van der Waals surface area contributed by atoms with E-state index in [1.54, 1.807) is 11.0 Å². The van der Waals surface area contributed by atoms with E-state index in [4.69, 9.17) is 4.74 Å². The van der Waals surface area contributed by atoms with Crippen molar-refractivity contribution in [1.29, 1.82) is 0 Å². The van der Waals surface area contributed by atoms with Crippen molar-refractivity contribution >= 4 is 5.96 Å². The van der Waals surface area contributed by atoms with E-state index < -0.39 is 0 Å². The molecule has 2 unspecified atom stereocenters. The van der Waals surface area contributed by atoms with E-state index in [0.717, 1.165) is 44.6 Å². The van der Waals surface area contributed by atoms with Gasteiger partial charge in [0.15, 0.2) is 5.96 Å². The summed E-state index contributed by atoms with van der Waals surface area (Å²) >= 11 is 0. The number of ether oxygens (including phenoxy) is 1. The Bertz CT molecular complexity index is 775. The van der Waals surface area contributed by atoms with E-state index in [-0.39, 0.29) is 6.10 Å². The van der Waals surface area contributed by atoms with Crippen molar-refractivity contribution in [3.05, 3.63) is 48.0 Å². The Morgan fingerprint density at radius 1 is 1.30 bits per heavy atom. The van der Waals surface area contributed by atoms with E-state index in [0.29, 0.717) is 12.6 Å². The average molecular weight is 369 g/mol. The molecule has 27 heavy (non-hydrogen) atoms. The molecule has 8 heteroatoms. The van der Waals surface area contributed by atoms with Crippen molar-refractivity contribution in [3.8, 4) is 0 Å². The monoisotopic (exact) mass is 369 g/mol. The van der Waals surface area contributed by atoms with Gasteiger partial charge in [-0.05, 0) is 5.56 Å². The van der Waals surface area contributed by atoms with Crippen LogP contribution in [-0.4, -0.2) is 76.0 Å². The number of aryl methyl sites for hydroxylation is 1. The van der Waals surface area contributed by atoms with Crippen molar-refractivity contribution in [2.45, 2.75) is 25.2 Å². The average Bonchev–Trinajstić information content (AvgIpc) is 3.30. The largest absolute Gasteiger partial charge is 0.373 e. The second kappa shape index (κ2) is 8.06. The molecule has 2 aliphatic heterocycles. The maximum absolute atomic E-state index is 6.07. The summed E-state index contributed by atoms with van der Waals surface area (Å²) in [5.41, 5.74) is 1.35. The van der Waals surface area contributed by atoms with Gasteiger partial charge in [-0.25, -0.2) is 4.98 Å². The number of likely N-dealkylation sites (tertiary alicyclic amines) is 1. The van der Waals surface area contributed by atoms with Gasteiger partial charge in [0.1, 0.15) is 12.2 Å². The van der Waals surface area contributed by atoms with Crippen LogP contribution >= 0.6 is 0 Å². The predicted octanol–water partition coefficient (Wildman–Crippen LogP) is 0.476. The van der Waals surface area contributed by atoms with Crippen LogP contribution in [0.2, 0.25) is 0 Å². The lowest BCUT2D eigenvalue weighted by Gasteiger charge is -2.36. The fourth-order valence-electron chi connectivity index (χ4n) is 3.92. The van der Waals surface area contributed by atoms with E-state index in [9.17, 15) is 0 Å². The second-order valence-corrected chi connectivity index (χ2v) is 7.04. The fraction of sp³-hybridized carbons (Fsp3) is 0.526. The smallest absolute Gasteiger partial charge is 0.194 e. The van der Waals surface area contributed by atoms with E-state index in [1.165, 1.54) is 5.56 Å². The number of fused-ring (bicyclic) bond motifs is 1. The molecule has 4 rings (SSSR count). The second-order valence-electron chi connectivity index (χ2n) is 7.04. The highest BCUT2D eigenvalue weighted by Gasteiger charge is 2.41. The fourth-order valence-corrected chi connectivity index (χ4v) is 3.92. The molecular weight excluding hydrogens is 342 g/mol. The Labute approximate surface area is 159 Å². The first-order chi connectivity index (χ1) is 13.2. The minimum Gasteiger partial charge on any atom is -0.373 e. The molecule has 2 aliphatic rings. The van der Waals surface area contributed by atoms with Crippen molar-refractivity contribution in [2.24, 2.45) is 12.0 Å². The van der Waals surface area contributed by atoms with Crippen LogP contribution in [0.15, 0.2) is 41.7 Å². The maximum Gasteiger partial charge on any atom is 0.194 e. The van der Waals surface area contributed by atoms with Crippen molar-refractivity contribution in [2.75, 3.05) is 33.3 Å². The molecular formula is C19H27N7O. The van der Waals surface area contributed by atoms with Gasteiger partial charge in [-0.1, -0.05) is 30.3 Å². The van der Waals surface area contributed by atoms with Gasteiger partial charge in [-0.2, -0.15) is 5.10 Å². The standard InChI is InChI=1S/C19H27N7O/c1-20-19(21-10-18-22-14-23-24(18)2)26-12-16-17(13-26)27-9-8-25(16)11-15-6-4-3-5-7-15/h3-7,14,16-17H,8-13H2,1-2H3,(H,20,21). The predicted molar refractivity (Wildman–Crippen MR) is 103 cm³/mol. The first kappa shape index (κ1) is 17.9. The van der Waals surface area contributed by atoms with Crippen LogP contribution < -0.4 is 5.32 Å². The lowest BCUT2D eigenvalue weighted by molar-refractivity contribution is -0.0502. The molecule has 0 bridgehead atoms. The zero-order chi connectivity index (χ0) is 18.6. The Hall–Kier alpha value is -2.45. The van der Waals surface area contributed by atoms with E-state index in [2.05, 4.69) is 60.5 Å². The lowest BCUT2D eigenvalue weighted by Crippen LogP contribution is -2.50. The molecule has 1 aromatic heterocycles. The minimum atomic E-state index is 0.218. The highest BCUT2D eigenvalue weighted by molar-refractivity contribution is 5.80. The van der Waals surface area contributed by atoms with Gasteiger partial charge >= 0.3 is 0 Å². The molecule has 0 amide bonds. The number of aliphatic imine (C=N–C) groups is 1. The minimum absolute atomic E-state index is 0.218. The summed E-state index contributed by atoms with van der Waals surface area (Å²) < 4.78 is 7.84. The van der Waals surface area contributed by atoms with E-state index >= 15 is 0 Å². The molecule has 3 heterocycles. The zero-order valence-electron chi connectivity index (χ0n) is 16.0. The third-order valence-electron chi connectivity index (χ3n) is 5.37. The molecule has 2 aromatic rings. The quantitative estimate of drug-likeness (QED) is 0.624. The number of hydrogen-bond donors (Lipinski definition) is 1. The summed E-state index contributed by atoms with van der Waals surface area (Å²) in [6.45, 7) is 5.08.